The zero-order valence-electron chi connectivity index (χ0n) is 13.8. The highest BCUT2D eigenvalue weighted by Gasteiger charge is 2.51. The molecule has 2 N–H and O–H groups in total. The predicted octanol–water partition coefficient (Wildman–Crippen LogP) is 1.62. The predicted molar refractivity (Wildman–Crippen MR) is 91.3 cm³/mol. The van der Waals surface area contributed by atoms with Gasteiger partial charge in [0.15, 0.2) is 0 Å². The lowest BCUT2D eigenvalue weighted by Gasteiger charge is -2.45. The number of nitrogens with one attached hydrogen (secondary N) is 2. The standard InChI is InChI=1S/C16H30N4Si/c1-19(2)15-9-16(14-8-6-5-7-13(14)15)21(3,4)20-11-17-10-18-12-20/h5-8,13-18H,9-12H2,1-4H3/t13?,14?,15-,16?/m0/s1. The van der Waals surface area contributed by atoms with Crippen LogP contribution in [0.25, 0.3) is 0 Å². The minimum atomic E-state index is -1.47. The van der Waals surface area contributed by atoms with E-state index in [2.05, 4.69) is 71.6 Å². The lowest BCUT2D eigenvalue weighted by molar-refractivity contribution is 0.253. The van der Waals surface area contributed by atoms with Crippen LogP contribution in [0.2, 0.25) is 18.6 Å². The summed E-state index contributed by atoms with van der Waals surface area (Å²) < 4.78 is 2.70. The minimum absolute atomic E-state index is 0.693. The summed E-state index contributed by atoms with van der Waals surface area (Å²) in [7, 11) is 3.02. The van der Waals surface area contributed by atoms with Crippen molar-refractivity contribution in [3.63, 3.8) is 0 Å². The molecule has 0 aromatic rings. The van der Waals surface area contributed by atoms with E-state index in [9.17, 15) is 0 Å². The average Bonchev–Trinajstić information content (AvgIpc) is 2.88. The van der Waals surface area contributed by atoms with E-state index in [0.29, 0.717) is 12.0 Å². The topological polar surface area (TPSA) is 30.5 Å². The van der Waals surface area contributed by atoms with Gasteiger partial charge in [-0.25, -0.2) is 0 Å². The average molecular weight is 307 g/mol. The molecule has 21 heavy (non-hydrogen) atoms. The van der Waals surface area contributed by atoms with E-state index in [0.717, 1.165) is 31.5 Å². The first-order valence-electron chi connectivity index (χ1n) is 8.19. The molecule has 2 fully saturated rings. The normalized spacial score (nSPS) is 37.2. The maximum atomic E-state index is 3.48. The quantitative estimate of drug-likeness (QED) is 0.776. The van der Waals surface area contributed by atoms with E-state index in [1.165, 1.54) is 6.42 Å². The number of hydrogen-bond donors (Lipinski definition) is 2. The Labute approximate surface area is 130 Å². The summed E-state index contributed by atoms with van der Waals surface area (Å²) in [5.41, 5.74) is 0.831. The van der Waals surface area contributed by atoms with Crippen LogP contribution in [0.5, 0.6) is 0 Å². The molecule has 1 aliphatic heterocycles. The van der Waals surface area contributed by atoms with Crippen LogP contribution in [0.3, 0.4) is 0 Å². The molecule has 3 rings (SSSR count). The smallest absolute Gasteiger partial charge is 0.128 e. The van der Waals surface area contributed by atoms with Crippen molar-refractivity contribution in [2.24, 2.45) is 11.8 Å². The molecule has 118 valence electrons. The second-order valence-corrected chi connectivity index (χ2v) is 12.2. The van der Waals surface area contributed by atoms with Crippen molar-refractivity contribution < 1.29 is 0 Å². The van der Waals surface area contributed by atoms with Crippen LogP contribution < -0.4 is 10.6 Å². The first kappa shape index (κ1) is 15.4. The SMILES string of the molecule is CN(C)[C@H]1CC([Si](C)(C)N2CNCNC2)C2C=CC=CC21. The van der Waals surface area contributed by atoms with Gasteiger partial charge in [0, 0.05) is 26.0 Å². The van der Waals surface area contributed by atoms with Gasteiger partial charge in [-0.1, -0.05) is 37.4 Å². The summed E-state index contributed by atoms with van der Waals surface area (Å²) in [5.74, 6) is 1.43. The fourth-order valence-electron chi connectivity index (χ4n) is 4.49. The summed E-state index contributed by atoms with van der Waals surface area (Å²) in [6, 6.07) is 0.693. The van der Waals surface area contributed by atoms with Gasteiger partial charge in [0.2, 0.25) is 0 Å². The molecule has 0 radical (unpaired) electrons. The molecule has 4 nitrogen and oxygen atoms in total. The zero-order chi connectivity index (χ0) is 15.0. The molecule has 3 aliphatic rings. The van der Waals surface area contributed by atoms with Gasteiger partial charge >= 0.3 is 0 Å². The lowest BCUT2D eigenvalue weighted by Crippen LogP contribution is -2.63. The van der Waals surface area contributed by atoms with Gasteiger partial charge in [0.05, 0.1) is 0 Å². The monoisotopic (exact) mass is 306 g/mol. The molecule has 4 atom stereocenters. The van der Waals surface area contributed by atoms with Crippen LogP contribution >= 0.6 is 0 Å². The molecule has 0 amide bonds. The molecular weight excluding hydrogens is 276 g/mol. The molecule has 0 bridgehead atoms. The van der Waals surface area contributed by atoms with Gasteiger partial charge < -0.3 is 4.90 Å². The second kappa shape index (κ2) is 5.97. The summed E-state index contributed by atoms with van der Waals surface area (Å²) in [5, 5.41) is 6.96. The highest BCUT2D eigenvalue weighted by molar-refractivity contribution is 6.76. The van der Waals surface area contributed by atoms with Crippen LogP contribution in [0.4, 0.5) is 0 Å². The van der Waals surface area contributed by atoms with E-state index in [4.69, 9.17) is 0 Å². The van der Waals surface area contributed by atoms with Crippen molar-refractivity contribution in [1.29, 1.82) is 0 Å². The fourth-order valence-corrected chi connectivity index (χ4v) is 8.09. The highest BCUT2D eigenvalue weighted by Crippen LogP contribution is 2.51. The molecule has 0 aromatic heterocycles. The molecule has 0 aromatic carbocycles. The number of allylic oxidation sites excluding steroid dienone is 3. The summed E-state index contributed by atoms with van der Waals surface area (Å²) in [4.78, 5) is 2.44. The van der Waals surface area contributed by atoms with Crippen LogP contribution in [0.1, 0.15) is 6.42 Å². The molecular formula is C16H30N4Si. The van der Waals surface area contributed by atoms with Crippen molar-refractivity contribution in [1.82, 2.24) is 20.1 Å². The lowest BCUT2D eigenvalue weighted by atomic mass is 9.89. The molecule has 3 unspecified atom stereocenters. The second-order valence-electron chi connectivity index (χ2n) is 7.48. The zero-order valence-corrected chi connectivity index (χ0v) is 14.8. The van der Waals surface area contributed by atoms with E-state index >= 15 is 0 Å². The highest BCUT2D eigenvalue weighted by atomic mass is 28.3. The largest absolute Gasteiger partial charge is 0.306 e. The van der Waals surface area contributed by atoms with E-state index in [-0.39, 0.29) is 0 Å². The first-order chi connectivity index (χ1) is 10.0. The Kier molecular flexibility index (Phi) is 4.39. The molecule has 1 saturated heterocycles. The number of hydrogen-bond acceptors (Lipinski definition) is 4. The first-order valence-corrected chi connectivity index (χ1v) is 11.2. The van der Waals surface area contributed by atoms with Crippen molar-refractivity contribution >= 4 is 8.24 Å². The van der Waals surface area contributed by atoms with Gasteiger partial charge in [-0.05, 0) is 37.9 Å². The third-order valence-corrected chi connectivity index (χ3v) is 10.2. The Morgan fingerprint density at radius 1 is 1.05 bits per heavy atom. The van der Waals surface area contributed by atoms with E-state index < -0.39 is 8.24 Å². The molecule has 1 saturated carbocycles. The summed E-state index contributed by atoms with van der Waals surface area (Å²) in [6.45, 7) is 8.17. The van der Waals surface area contributed by atoms with Crippen molar-refractivity contribution in [3.8, 4) is 0 Å². The third kappa shape index (κ3) is 2.77. The van der Waals surface area contributed by atoms with Gasteiger partial charge in [-0.3, -0.25) is 15.2 Å². The van der Waals surface area contributed by atoms with Crippen molar-refractivity contribution in [2.45, 2.75) is 31.1 Å². The van der Waals surface area contributed by atoms with Crippen LogP contribution in [-0.4, -0.2) is 57.8 Å². The van der Waals surface area contributed by atoms with Crippen molar-refractivity contribution in [3.05, 3.63) is 24.3 Å². The van der Waals surface area contributed by atoms with Crippen molar-refractivity contribution in [2.75, 3.05) is 34.1 Å². The van der Waals surface area contributed by atoms with Gasteiger partial charge in [0.25, 0.3) is 0 Å². The molecule has 1 heterocycles. The van der Waals surface area contributed by atoms with Crippen LogP contribution in [0, 0.1) is 11.8 Å². The van der Waals surface area contributed by atoms with E-state index in [1.807, 2.05) is 0 Å². The van der Waals surface area contributed by atoms with E-state index in [1.54, 1.807) is 0 Å². The number of nitrogens with zero attached hydrogens (tertiary/aromatic N) is 2. The Hall–Kier alpha value is -0.463. The number of fused-ring (bicyclic) bond motifs is 1. The Morgan fingerprint density at radius 3 is 2.29 bits per heavy atom. The van der Waals surface area contributed by atoms with Gasteiger partial charge in [0.1, 0.15) is 8.24 Å². The molecule has 2 aliphatic carbocycles. The van der Waals surface area contributed by atoms with Gasteiger partial charge in [-0.2, -0.15) is 0 Å². The third-order valence-electron chi connectivity index (χ3n) is 5.87. The maximum absolute atomic E-state index is 3.48. The Morgan fingerprint density at radius 2 is 1.67 bits per heavy atom. The maximum Gasteiger partial charge on any atom is 0.128 e. The number of rotatable bonds is 3. The molecule has 5 heteroatoms. The summed E-state index contributed by atoms with van der Waals surface area (Å²) >= 11 is 0. The van der Waals surface area contributed by atoms with Crippen LogP contribution in [-0.2, 0) is 0 Å². The minimum Gasteiger partial charge on any atom is -0.306 e. The fraction of sp³-hybridized carbons (Fsp3) is 0.750. The Balaban J connectivity index is 1.83. The van der Waals surface area contributed by atoms with Crippen LogP contribution in [0.15, 0.2) is 24.3 Å². The van der Waals surface area contributed by atoms with Gasteiger partial charge in [-0.15, -0.1) is 0 Å². The molecule has 0 spiro atoms. The summed E-state index contributed by atoms with van der Waals surface area (Å²) in [6.07, 6.45) is 10.8. The Bertz CT molecular complexity index is 426.